The van der Waals surface area contributed by atoms with E-state index in [4.69, 9.17) is 13.9 Å². The van der Waals surface area contributed by atoms with Gasteiger partial charge in [-0.05, 0) is 25.5 Å². The molecule has 1 N–H and O–H groups in total. The summed E-state index contributed by atoms with van der Waals surface area (Å²) in [5.74, 6) is 0.192. The highest BCUT2D eigenvalue weighted by molar-refractivity contribution is 6.10. The van der Waals surface area contributed by atoms with Gasteiger partial charge in [0, 0.05) is 36.1 Å². The normalized spacial score (nSPS) is 14.9. The lowest BCUT2D eigenvalue weighted by Gasteiger charge is -2.26. The molecule has 0 bridgehead atoms. The molecule has 0 saturated carbocycles. The third-order valence-electron chi connectivity index (χ3n) is 5.24. The van der Waals surface area contributed by atoms with Crippen LogP contribution in [0.25, 0.3) is 22.3 Å². The van der Waals surface area contributed by atoms with Gasteiger partial charge in [0.15, 0.2) is 0 Å². The van der Waals surface area contributed by atoms with Crippen molar-refractivity contribution in [3.05, 3.63) is 53.6 Å². The van der Waals surface area contributed by atoms with Crippen LogP contribution in [0.2, 0.25) is 0 Å². The van der Waals surface area contributed by atoms with Crippen molar-refractivity contribution in [2.24, 2.45) is 0 Å². The van der Waals surface area contributed by atoms with Gasteiger partial charge in [-0.2, -0.15) is 0 Å². The number of ether oxygens (including phenoxy) is 2. The van der Waals surface area contributed by atoms with Gasteiger partial charge in [0.05, 0.1) is 19.8 Å². The van der Waals surface area contributed by atoms with E-state index in [-0.39, 0.29) is 12.4 Å². The number of morpholine rings is 1. The third kappa shape index (κ3) is 3.99. The molecule has 0 aliphatic carbocycles. The van der Waals surface area contributed by atoms with Gasteiger partial charge in [-0.25, -0.2) is 4.79 Å². The third-order valence-corrected chi connectivity index (χ3v) is 5.24. The van der Waals surface area contributed by atoms with E-state index in [1.165, 1.54) is 0 Å². The van der Waals surface area contributed by atoms with Crippen LogP contribution in [-0.4, -0.2) is 55.4 Å². The molecule has 0 unspecified atom stereocenters. The molecule has 6 heteroatoms. The summed E-state index contributed by atoms with van der Waals surface area (Å²) in [6.07, 6.45) is 0.601. The topological polar surface area (TPSA) is 72.1 Å². The van der Waals surface area contributed by atoms with E-state index in [0.29, 0.717) is 47.5 Å². The molecule has 6 nitrogen and oxygen atoms in total. The van der Waals surface area contributed by atoms with E-state index >= 15 is 0 Å². The second-order valence-corrected chi connectivity index (χ2v) is 7.03. The maximum Gasteiger partial charge on any atom is 0.342 e. The van der Waals surface area contributed by atoms with E-state index in [0.717, 1.165) is 25.2 Å². The number of carbonyl (C=O) groups is 1. The average molecular weight is 395 g/mol. The number of hydrogen-bond donors (Lipinski definition) is 1. The van der Waals surface area contributed by atoms with Gasteiger partial charge in [-0.1, -0.05) is 30.3 Å². The first-order valence-electron chi connectivity index (χ1n) is 9.99. The Morgan fingerprint density at radius 2 is 1.90 bits per heavy atom. The second-order valence-electron chi connectivity index (χ2n) is 7.03. The number of rotatable bonds is 6. The van der Waals surface area contributed by atoms with Crippen LogP contribution < -0.4 is 0 Å². The molecule has 1 saturated heterocycles. The molecule has 0 radical (unpaired) electrons. The van der Waals surface area contributed by atoms with Crippen LogP contribution in [0.4, 0.5) is 0 Å². The van der Waals surface area contributed by atoms with Crippen molar-refractivity contribution in [1.29, 1.82) is 0 Å². The van der Waals surface area contributed by atoms with E-state index < -0.39 is 5.97 Å². The SMILES string of the molecule is CCOC(=O)c1c(-c2ccccc2)oc2ccc(O)c(CCN3CCOCC3)c12. The predicted octanol–water partition coefficient (Wildman–Crippen LogP) is 3.86. The van der Waals surface area contributed by atoms with Gasteiger partial charge in [-0.3, -0.25) is 4.90 Å². The van der Waals surface area contributed by atoms with Gasteiger partial charge >= 0.3 is 5.97 Å². The maximum atomic E-state index is 12.9. The summed E-state index contributed by atoms with van der Waals surface area (Å²) in [6, 6.07) is 12.8. The summed E-state index contributed by atoms with van der Waals surface area (Å²) in [6.45, 7) is 5.97. The number of benzene rings is 2. The van der Waals surface area contributed by atoms with Crippen LogP contribution in [0.1, 0.15) is 22.8 Å². The molecule has 0 amide bonds. The van der Waals surface area contributed by atoms with Gasteiger partial charge in [-0.15, -0.1) is 0 Å². The zero-order valence-electron chi connectivity index (χ0n) is 16.5. The lowest BCUT2D eigenvalue weighted by atomic mass is 9.99. The predicted molar refractivity (Wildman–Crippen MR) is 110 cm³/mol. The lowest BCUT2D eigenvalue weighted by Crippen LogP contribution is -2.37. The molecule has 2 aromatic carbocycles. The molecule has 0 spiro atoms. The fraction of sp³-hybridized carbons (Fsp3) is 0.348. The average Bonchev–Trinajstić information content (AvgIpc) is 3.14. The Bertz CT molecular complexity index is 989. The van der Waals surface area contributed by atoms with Crippen molar-refractivity contribution in [1.82, 2.24) is 4.90 Å². The molecule has 0 atom stereocenters. The Morgan fingerprint density at radius 1 is 1.14 bits per heavy atom. The standard InChI is InChI=1S/C23H25NO5/c1-2-28-23(26)21-20-17(10-11-24-12-14-27-15-13-24)18(25)8-9-19(20)29-22(21)16-6-4-3-5-7-16/h3-9,25H,2,10-15H2,1H3. The Labute approximate surface area is 169 Å². The van der Waals surface area contributed by atoms with Crippen LogP contribution >= 0.6 is 0 Å². The minimum atomic E-state index is -0.441. The molecular weight excluding hydrogens is 370 g/mol. The summed E-state index contributed by atoms with van der Waals surface area (Å²) in [5.41, 5.74) is 2.45. The Kier molecular flexibility index (Phi) is 5.83. The first-order valence-corrected chi connectivity index (χ1v) is 9.99. The van der Waals surface area contributed by atoms with Crippen molar-refractivity contribution < 1.29 is 23.8 Å². The fourth-order valence-corrected chi connectivity index (χ4v) is 3.79. The Morgan fingerprint density at radius 3 is 2.62 bits per heavy atom. The lowest BCUT2D eigenvalue weighted by molar-refractivity contribution is 0.0384. The van der Waals surface area contributed by atoms with Crippen LogP contribution in [-0.2, 0) is 15.9 Å². The second kappa shape index (κ2) is 8.68. The van der Waals surface area contributed by atoms with E-state index in [2.05, 4.69) is 4.90 Å². The first kappa shape index (κ1) is 19.5. The van der Waals surface area contributed by atoms with Crippen LogP contribution in [0.5, 0.6) is 5.75 Å². The molecule has 3 aromatic rings. The van der Waals surface area contributed by atoms with E-state index in [1.807, 2.05) is 30.3 Å². The number of aromatic hydroxyl groups is 1. The number of fused-ring (bicyclic) bond motifs is 1. The number of esters is 1. The molecular formula is C23H25NO5. The summed E-state index contributed by atoms with van der Waals surface area (Å²) in [7, 11) is 0. The Balaban J connectivity index is 1.81. The smallest absolute Gasteiger partial charge is 0.342 e. The van der Waals surface area contributed by atoms with E-state index in [1.54, 1.807) is 19.1 Å². The number of phenols is 1. The van der Waals surface area contributed by atoms with Crippen LogP contribution in [0.15, 0.2) is 46.9 Å². The van der Waals surface area contributed by atoms with Gasteiger partial charge < -0.3 is 19.0 Å². The fourth-order valence-electron chi connectivity index (χ4n) is 3.79. The van der Waals surface area contributed by atoms with Crippen molar-refractivity contribution in [3.63, 3.8) is 0 Å². The number of hydrogen-bond acceptors (Lipinski definition) is 6. The highest BCUT2D eigenvalue weighted by atomic mass is 16.5. The van der Waals surface area contributed by atoms with Gasteiger partial charge in [0.25, 0.3) is 0 Å². The quantitative estimate of drug-likeness (QED) is 0.639. The number of phenolic OH excluding ortho intramolecular Hbond substituents is 1. The molecule has 1 aromatic heterocycles. The van der Waals surface area contributed by atoms with Crippen LogP contribution in [0, 0.1) is 0 Å². The number of carbonyl (C=O) groups excluding carboxylic acids is 1. The summed E-state index contributed by atoms with van der Waals surface area (Å²) >= 11 is 0. The summed E-state index contributed by atoms with van der Waals surface area (Å²) < 4.78 is 16.8. The molecule has 29 heavy (non-hydrogen) atoms. The molecule has 1 aliphatic rings. The number of furan rings is 1. The van der Waals surface area contributed by atoms with Crippen molar-refractivity contribution >= 4 is 16.9 Å². The molecule has 1 aliphatic heterocycles. The molecule has 152 valence electrons. The van der Waals surface area contributed by atoms with Crippen molar-refractivity contribution in [3.8, 4) is 17.1 Å². The Hall–Kier alpha value is -2.83. The first-order chi connectivity index (χ1) is 14.2. The molecule has 2 heterocycles. The van der Waals surface area contributed by atoms with Crippen molar-refractivity contribution in [2.45, 2.75) is 13.3 Å². The maximum absolute atomic E-state index is 12.9. The number of nitrogens with zero attached hydrogens (tertiary/aromatic N) is 1. The highest BCUT2D eigenvalue weighted by Gasteiger charge is 2.27. The van der Waals surface area contributed by atoms with Crippen molar-refractivity contribution in [2.75, 3.05) is 39.5 Å². The summed E-state index contributed by atoms with van der Waals surface area (Å²) in [5, 5.41) is 11.3. The largest absolute Gasteiger partial charge is 0.508 e. The highest BCUT2D eigenvalue weighted by Crippen LogP contribution is 2.39. The molecule has 4 rings (SSSR count). The van der Waals surface area contributed by atoms with Crippen LogP contribution in [0.3, 0.4) is 0 Å². The minimum absolute atomic E-state index is 0.164. The van der Waals surface area contributed by atoms with Gasteiger partial charge in [0.1, 0.15) is 22.7 Å². The minimum Gasteiger partial charge on any atom is -0.508 e. The molecule has 1 fully saturated rings. The van der Waals surface area contributed by atoms with Gasteiger partial charge in [0.2, 0.25) is 0 Å². The zero-order chi connectivity index (χ0) is 20.2. The van der Waals surface area contributed by atoms with E-state index in [9.17, 15) is 9.90 Å². The summed E-state index contributed by atoms with van der Waals surface area (Å²) in [4.78, 5) is 15.2. The monoisotopic (exact) mass is 395 g/mol. The zero-order valence-corrected chi connectivity index (χ0v) is 16.5.